The van der Waals surface area contributed by atoms with Crippen molar-refractivity contribution in [1.82, 2.24) is 4.90 Å². The highest BCUT2D eigenvalue weighted by Gasteiger charge is 2.59. The van der Waals surface area contributed by atoms with Crippen molar-refractivity contribution in [1.29, 1.82) is 0 Å². The molecule has 202 valence electrons. The largest absolute Gasteiger partial charge is 0.504 e. The molecule has 3 aliphatic rings. The number of hydrogen-bond donors (Lipinski definition) is 1. The molecule has 5 rings (SSSR count). The van der Waals surface area contributed by atoms with Crippen molar-refractivity contribution in [2.75, 3.05) is 39.2 Å². The summed E-state index contributed by atoms with van der Waals surface area (Å²) in [5.74, 6) is 0.128. The number of nitrogens with one attached hydrogen (secondary N) is 1. The Balaban J connectivity index is 1.38. The smallest absolute Gasteiger partial charge is 0.337 e. The first-order chi connectivity index (χ1) is 18.4. The van der Waals surface area contributed by atoms with E-state index in [1.54, 1.807) is 12.1 Å². The Kier molecular flexibility index (Phi) is 7.43. The molecule has 0 unspecified atom stereocenters. The molecule has 4 atom stereocenters. The second kappa shape index (κ2) is 10.8. The number of carbonyl (C=O) groups excluding carboxylic acids is 2. The van der Waals surface area contributed by atoms with E-state index in [9.17, 15) is 14.0 Å². The van der Waals surface area contributed by atoms with Crippen LogP contribution in [-0.2, 0) is 20.7 Å². The molecule has 0 saturated carbocycles. The first-order valence-corrected chi connectivity index (χ1v) is 13.3. The van der Waals surface area contributed by atoms with Crippen molar-refractivity contribution >= 4 is 17.4 Å². The number of hydrogen-bond acceptors (Lipinski definition) is 7. The van der Waals surface area contributed by atoms with E-state index in [0.717, 1.165) is 30.8 Å². The normalized spacial score (nSPS) is 26.6. The number of fused-ring (bicyclic) bond motifs is 3. The summed E-state index contributed by atoms with van der Waals surface area (Å²) < 4.78 is 29.7. The predicted octanol–water partition coefficient (Wildman–Crippen LogP) is 4.62. The number of methoxy groups -OCH3 is 2. The number of ether oxygens (including phenoxy) is 3. The van der Waals surface area contributed by atoms with Crippen molar-refractivity contribution in [3.8, 4) is 5.75 Å². The molecule has 3 heterocycles. The maximum atomic E-state index is 14.2. The maximum Gasteiger partial charge on any atom is 0.337 e. The first kappa shape index (κ1) is 26.2. The van der Waals surface area contributed by atoms with E-state index in [1.807, 2.05) is 18.2 Å². The van der Waals surface area contributed by atoms with Gasteiger partial charge in [-0.15, -0.1) is 0 Å². The van der Waals surface area contributed by atoms with Gasteiger partial charge in [0.15, 0.2) is 5.78 Å². The van der Waals surface area contributed by atoms with Crippen LogP contribution in [0.5, 0.6) is 5.75 Å². The highest BCUT2D eigenvalue weighted by Crippen LogP contribution is 2.50. The Bertz CT molecular complexity index is 1230. The van der Waals surface area contributed by atoms with Crippen molar-refractivity contribution in [3.63, 3.8) is 0 Å². The van der Waals surface area contributed by atoms with Crippen LogP contribution in [0.2, 0.25) is 0 Å². The predicted molar refractivity (Wildman–Crippen MR) is 142 cm³/mol. The number of nitrogens with zero attached hydrogens (tertiary/aromatic N) is 1. The molecule has 0 bridgehead atoms. The fourth-order valence-electron chi connectivity index (χ4n) is 6.56. The van der Waals surface area contributed by atoms with Gasteiger partial charge in [0.1, 0.15) is 17.1 Å². The summed E-state index contributed by atoms with van der Waals surface area (Å²) >= 11 is 0. The van der Waals surface area contributed by atoms with E-state index in [0.29, 0.717) is 42.8 Å². The third kappa shape index (κ3) is 4.55. The van der Waals surface area contributed by atoms with Gasteiger partial charge in [-0.1, -0.05) is 31.5 Å². The van der Waals surface area contributed by atoms with Crippen LogP contribution >= 0.6 is 0 Å². The van der Waals surface area contributed by atoms with Crippen LogP contribution in [-0.4, -0.2) is 62.1 Å². The minimum absolute atomic E-state index is 0.0430. The van der Waals surface area contributed by atoms with E-state index in [2.05, 4.69) is 17.1 Å². The highest BCUT2D eigenvalue weighted by atomic mass is 19.1. The molecular weight excluding hydrogens is 487 g/mol. The lowest BCUT2D eigenvalue weighted by atomic mass is 9.72. The standard InChI is InChI=1S/C30H35FN2O5/c1-4-20-17-33-14-13-30(26(33)16-22(20)23(18-36-2)29(35)37-3)28(34)27-24(32-30)6-5-7-25(27)38-15-12-19-8-10-21(31)11-9-19/h5-11,18,20,22,26,32H,4,12-17H2,1-3H3/b23-18+/t20-,22+,26+,30+/m1/s1. The quantitative estimate of drug-likeness (QED) is 0.308. The van der Waals surface area contributed by atoms with Crippen molar-refractivity contribution < 1.29 is 28.2 Å². The summed E-state index contributed by atoms with van der Waals surface area (Å²) in [6.07, 6.45) is 4.35. The number of ketones is 1. The zero-order chi connectivity index (χ0) is 26.9. The SMILES string of the molecule is CC[C@@H]1CN2CC[C@]3(Nc4cccc(OCCc5ccc(F)cc5)c4C3=O)[C@@H]2C[C@@H]1/C(=C\OC)C(=O)OC. The van der Waals surface area contributed by atoms with Crippen LogP contribution < -0.4 is 10.1 Å². The van der Waals surface area contributed by atoms with Crippen molar-refractivity contribution in [2.24, 2.45) is 11.8 Å². The number of benzene rings is 2. The molecule has 2 aromatic carbocycles. The van der Waals surface area contributed by atoms with Gasteiger partial charge < -0.3 is 19.5 Å². The van der Waals surface area contributed by atoms with E-state index in [4.69, 9.17) is 14.2 Å². The Morgan fingerprint density at radius 2 is 2.00 bits per heavy atom. The molecule has 0 aromatic heterocycles. The van der Waals surface area contributed by atoms with Crippen LogP contribution in [0.15, 0.2) is 54.3 Å². The molecule has 38 heavy (non-hydrogen) atoms. The van der Waals surface area contributed by atoms with E-state index in [1.165, 1.54) is 32.6 Å². The van der Waals surface area contributed by atoms with Crippen molar-refractivity contribution in [2.45, 2.75) is 44.2 Å². The van der Waals surface area contributed by atoms with Crippen LogP contribution in [0.4, 0.5) is 10.1 Å². The van der Waals surface area contributed by atoms with E-state index >= 15 is 0 Å². The van der Waals surface area contributed by atoms with Crippen molar-refractivity contribution in [3.05, 3.63) is 71.2 Å². The lowest BCUT2D eigenvalue weighted by molar-refractivity contribution is -0.137. The summed E-state index contributed by atoms with van der Waals surface area (Å²) in [5, 5.41) is 3.60. The number of carbonyl (C=O) groups is 2. The molecule has 8 heteroatoms. The average Bonchev–Trinajstić information content (AvgIpc) is 3.44. The molecule has 0 aliphatic carbocycles. The molecule has 7 nitrogen and oxygen atoms in total. The van der Waals surface area contributed by atoms with Gasteiger partial charge in [0.25, 0.3) is 0 Å². The Labute approximate surface area is 222 Å². The number of piperidine rings is 1. The Morgan fingerprint density at radius 3 is 2.71 bits per heavy atom. The van der Waals surface area contributed by atoms with Gasteiger partial charge >= 0.3 is 5.97 Å². The maximum absolute atomic E-state index is 14.2. The van der Waals surface area contributed by atoms with Gasteiger partial charge in [0.05, 0.1) is 38.2 Å². The molecule has 2 aromatic rings. The topological polar surface area (TPSA) is 77.1 Å². The molecule has 3 aliphatic heterocycles. The zero-order valence-electron chi connectivity index (χ0n) is 22.2. The summed E-state index contributed by atoms with van der Waals surface area (Å²) in [6, 6.07) is 11.9. The number of anilines is 1. The van der Waals surface area contributed by atoms with E-state index < -0.39 is 5.54 Å². The number of rotatable bonds is 8. The summed E-state index contributed by atoms with van der Waals surface area (Å²) in [4.78, 5) is 29.2. The van der Waals surface area contributed by atoms with Gasteiger partial charge in [0.2, 0.25) is 0 Å². The zero-order valence-corrected chi connectivity index (χ0v) is 22.2. The van der Waals surface area contributed by atoms with Gasteiger partial charge in [0, 0.05) is 31.2 Å². The van der Waals surface area contributed by atoms with Crippen LogP contribution in [0.3, 0.4) is 0 Å². The second-order valence-corrected chi connectivity index (χ2v) is 10.4. The molecule has 2 saturated heterocycles. The summed E-state index contributed by atoms with van der Waals surface area (Å²) in [6.45, 7) is 4.12. The van der Waals surface area contributed by atoms with Gasteiger partial charge in [-0.2, -0.15) is 0 Å². The lowest BCUT2D eigenvalue weighted by Gasteiger charge is -2.45. The molecule has 0 radical (unpaired) electrons. The molecular formula is C30H35FN2O5. The summed E-state index contributed by atoms with van der Waals surface area (Å²) in [7, 11) is 2.92. The van der Waals surface area contributed by atoms with Crippen LogP contribution in [0, 0.1) is 17.7 Å². The Hall–Kier alpha value is -3.39. The third-order valence-corrected chi connectivity index (χ3v) is 8.49. The number of esters is 1. The number of Topliss-reactive ketones (excluding diaryl/α,β-unsaturated/α-hetero) is 1. The summed E-state index contributed by atoms with van der Waals surface area (Å²) in [5.41, 5.74) is 2.09. The Morgan fingerprint density at radius 1 is 1.21 bits per heavy atom. The van der Waals surface area contributed by atoms with Gasteiger partial charge in [-0.25, -0.2) is 9.18 Å². The monoisotopic (exact) mass is 522 g/mol. The van der Waals surface area contributed by atoms with E-state index in [-0.39, 0.29) is 35.4 Å². The highest BCUT2D eigenvalue weighted by molar-refractivity contribution is 6.16. The molecule has 1 spiro atoms. The van der Waals surface area contributed by atoms with Gasteiger partial charge in [-0.05, 0) is 54.5 Å². The fraction of sp³-hybridized carbons (Fsp3) is 0.467. The fourth-order valence-corrected chi connectivity index (χ4v) is 6.56. The first-order valence-electron chi connectivity index (χ1n) is 13.3. The second-order valence-electron chi connectivity index (χ2n) is 10.4. The number of halogens is 1. The molecule has 2 fully saturated rings. The minimum atomic E-state index is -0.774. The molecule has 1 N–H and O–H groups in total. The van der Waals surface area contributed by atoms with Crippen LogP contribution in [0.1, 0.15) is 42.1 Å². The third-order valence-electron chi connectivity index (χ3n) is 8.49. The average molecular weight is 523 g/mol. The van der Waals surface area contributed by atoms with Crippen LogP contribution in [0.25, 0.3) is 0 Å². The van der Waals surface area contributed by atoms with Gasteiger partial charge in [-0.3, -0.25) is 9.69 Å². The molecule has 0 amide bonds. The lowest BCUT2D eigenvalue weighted by Crippen LogP contribution is -2.57. The minimum Gasteiger partial charge on any atom is -0.504 e.